The number of hydrogen-bond donors (Lipinski definition) is 0. The van der Waals surface area contributed by atoms with E-state index in [2.05, 4.69) is 9.72 Å². The Morgan fingerprint density at radius 1 is 1.05 bits per heavy atom. The molecule has 2 aromatic rings. The topological polar surface area (TPSA) is 69.7 Å². The van der Waals surface area contributed by atoms with E-state index in [0.29, 0.717) is 0 Å². The summed E-state index contributed by atoms with van der Waals surface area (Å²) in [6, 6.07) is 13.5. The molecule has 0 bridgehead atoms. The molecule has 0 aliphatic carbocycles. The molecular weight excluding hydrogens is 295 g/mol. The number of hydrogen-bond acceptors (Lipinski definition) is 4. The van der Waals surface area contributed by atoms with Gasteiger partial charge in [-0.2, -0.15) is 10.5 Å². The van der Waals surface area contributed by atoms with Gasteiger partial charge in [0, 0.05) is 5.56 Å². The molecule has 0 radical (unpaired) electrons. The van der Waals surface area contributed by atoms with Crippen molar-refractivity contribution in [1.82, 2.24) is 4.98 Å². The van der Waals surface area contributed by atoms with Gasteiger partial charge in [0.1, 0.15) is 23.4 Å². The molecule has 4 nitrogen and oxygen atoms in total. The number of nitrogens with zero attached hydrogens (tertiary/aromatic N) is 3. The van der Waals surface area contributed by atoms with E-state index in [1.54, 1.807) is 0 Å². The molecule has 0 amide bonds. The lowest BCUT2D eigenvalue weighted by atomic mass is 9.95. The fourth-order valence-corrected chi connectivity index (χ4v) is 1.91. The Kier molecular flexibility index (Phi) is 4.28. The minimum atomic E-state index is -4.86. The first-order valence-electron chi connectivity index (χ1n) is 6.06. The molecule has 7 heteroatoms. The van der Waals surface area contributed by atoms with Gasteiger partial charge in [-0.05, 0) is 18.2 Å². The van der Waals surface area contributed by atoms with Crippen molar-refractivity contribution in [3.8, 4) is 17.9 Å². The number of pyridine rings is 1. The highest BCUT2D eigenvalue weighted by atomic mass is 19.4. The SMILES string of the molecule is N#Cc1cccc(C(C#N)c2ccccc2OC(F)(F)F)n1. The van der Waals surface area contributed by atoms with Crippen molar-refractivity contribution in [3.05, 3.63) is 59.4 Å². The standard InChI is InChI=1S/C15H8F3N3O/c16-15(17,18)22-14-7-2-1-5-11(14)12(9-20)13-6-3-4-10(8-19)21-13/h1-7,12H. The Bertz CT molecular complexity index is 760. The quantitative estimate of drug-likeness (QED) is 0.870. The molecule has 2 rings (SSSR count). The maximum absolute atomic E-state index is 12.4. The number of ether oxygens (including phenoxy) is 1. The first-order valence-corrected chi connectivity index (χ1v) is 6.06. The van der Waals surface area contributed by atoms with Crippen LogP contribution in [0.15, 0.2) is 42.5 Å². The minimum absolute atomic E-state index is 0.0323. The predicted molar refractivity (Wildman–Crippen MR) is 69.5 cm³/mol. The van der Waals surface area contributed by atoms with Crippen LogP contribution in [-0.2, 0) is 0 Å². The van der Waals surface area contributed by atoms with E-state index in [4.69, 9.17) is 5.26 Å². The average molecular weight is 303 g/mol. The Morgan fingerprint density at radius 3 is 2.41 bits per heavy atom. The minimum Gasteiger partial charge on any atom is -0.405 e. The van der Waals surface area contributed by atoms with Crippen LogP contribution in [0.25, 0.3) is 0 Å². The third-order valence-electron chi connectivity index (χ3n) is 2.77. The third-order valence-corrected chi connectivity index (χ3v) is 2.77. The van der Waals surface area contributed by atoms with Gasteiger partial charge in [0.2, 0.25) is 0 Å². The van der Waals surface area contributed by atoms with Crippen molar-refractivity contribution >= 4 is 0 Å². The summed E-state index contributed by atoms with van der Waals surface area (Å²) >= 11 is 0. The first kappa shape index (κ1) is 15.3. The van der Waals surface area contributed by atoms with Crippen LogP contribution in [-0.4, -0.2) is 11.3 Å². The second-order valence-electron chi connectivity index (χ2n) is 4.21. The van der Waals surface area contributed by atoms with Crippen molar-refractivity contribution < 1.29 is 17.9 Å². The normalized spacial score (nSPS) is 12.0. The zero-order valence-electron chi connectivity index (χ0n) is 11.0. The van der Waals surface area contributed by atoms with Gasteiger partial charge in [-0.3, -0.25) is 0 Å². The lowest BCUT2D eigenvalue weighted by Gasteiger charge is -2.16. The Balaban J connectivity index is 2.49. The van der Waals surface area contributed by atoms with E-state index in [9.17, 15) is 18.4 Å². The summed E-state index contributed by atoms with van der Waals surface area (Å²) in [5, 5.41) is 18.1. The molecule has 110 valence electrons. The van der Waals surface area contributed by atoms with E-state index in [1.807, 2.05) is 12.1 Å². The van der Waals surface area contributed by atoms with Crippen LogP contribution in [0, 0.1) is 22.7 Å². The number of para-hydroxylation sites is 1. The van der Waals surface area contributed by atoms with Crippen LogP contribution in [0.5, 0.6) is 5.75 Å². The second kappa shape index (κ2) is 6.15. The average Bonchev–Trinajstić information content (AvgIpc) is 2.48. The monoisotopic (exact) mass is 303 g/mol. The second-order valence-corrected chi connectivity index (χ2v) is 4.21. The molecule has 0 fully saturated rings. The molecule has 22 heavy (non-hydrogen) atoms. The molecule has 0 aliphatic heterocycles. The molecular formula is C15H8F3N3O. The van der Waals surface area contributed by atoms with E-state index in [-0.39, 0.29) is 17.0 Å². The summed E-state index contributed by atoms with van der Waals surface area (Å²) in [4.78, 5) is 3.96. The van der Waals surface area contributed by atoms with Crippen molar-refractivity contribution in [1.29, 1.82) is 10.5 Å². The molecule has 0 spiro atoms. The molecule has 0 saturated carbocycles. The van der Waals surface area contributed by atoms with Crippen LogP contribution < -0.4 is 4.74 Å². The first-order chi connectivity index (χ1) is 10.4. The van der Waals surface area contributed by atoms with E-state index >= 15 is 0 Å². The fourth-order valence-electron chi connectivity index (χ4n) is 1.91. The molecule has 0 aliphatic rings. The maximum Gasteiger partial charge on any atom is 0.573 e. The number of rotatable bonds is 3. The lowest BCUT2D eigenvalue weighted by molar-refractivity contribution is -0.274. The van der Waals surface area contributed by atoms with Crippen LogP contribution in [0.2, 0.25) is 0 Å². The highest BCUT2D eigenvalue weighted by Gasteiger charge is 2.33. The maximum atomic E-state index is 12.4. The van der Waals surface area contributed by atoms with Crippen molar-refractivity contribution in [3.63, 3.8) is 0 Å². The lowest BCUT2D eigenvalue weighted by Crippen LogP contribution is -2.19. The van der Waals surface area contributed by atoms with Crippen LogP contribution in [0.3, 0.4) is 0 Å². The van der Waals surface area contributed by atoms with Crippen molar-refractivity contribution in [2.75, 3.05) is 0 Å². The van der Waals surface area contributed by atoms with E-state index in [0.717, 1.165) is 6.07 Å². The molecule has 1 aromatic carbocycles. The number of aromatic nitrogens is 1. The number of halogens is 3. The number of benzene rings is 1. The van der Waals surface area contributed by atoms with E-state index < -0.39 is 18.0 Å². The van der Waals surface area contributed by atoms with Gasteiger partial charge in [0.25, 0.3) is 0 Å². The largest absolute Gasteiger partial charge is 0.573 e. The van der Waals surface area contributed by atoms with Gasteiger partial charge in [-0.15, -0.1) is 13.2 Å². The highest BCUT2D eigenvalue weighted by Crippen LogP contribution is 2.33. The molecule has 1 heterocycles. The fraction of sp³-hybridized carbons (Fsp3) is 0.133. The Morgan fingerprint density at radius 2 is 1.77 bits per heavy atom. The summed E-state index contributed by atoms with van der Waals surface area (Å²) in [6.07, 6.45) is -4.86. The van der Waals surface area contributed by atoms with Gasteiger partial charge in [-0.1, -0.05) is 24.3 Å². The molecule has 1 atom stereocenters. The van der Waals surface area contributed by atoms with Gasteiger partial charge < -0.3 is 4.74 Å². The van der Waals surface area contributed by atoms with Crippen LogP contribution >= 0.6 is 0 Å². The van der Waals surface area contributed by atoms with Gasteiger partial charge in [0.05, 0.1) is 11.8 Å². The van der Waals surface area contributed by atoms with E-state index in [1.165, 1.54) is 36.4 Å². The summed E-state index contributed by atoms with van der Waals surface area (Å²) in [5.41, 5.74) is 0.289. The molecule has 1 aromatic heterocycles. The van der Waals surface area contributed by atoms with Gasteiger partial charge in [0.15, 0.2) is 0 Å². The third kappa shape index (κ3) is 3.53. The van der Waals surface area contributed by atoms with Crippen LogP contribution in [0.4, 0.5) is 13.2 Å². The van der Waals surface area contributed by atoms with Gasteiger partial charge >= 0.3 is 6.36 Å². The Labute approximate surface area is 124 Å². The van der Waals surface area contributed by atoms with Crippen molar-refractivity contribution in [2.24, 2.45) is 0 Å². The Hall–Kier alpha value is -3.06. The number of alkyl halides is 3. The van der Waals surface area contributed by atoms with Gasteiger partial charge in [-0.25, -0.2) is 4.98 Å². The molecule has 0 N–H and O–H groups in total. The predicted octanol–water partition coefficient (Wildman–Crippen LogP) is 3.51. The van der Waals surface area contributed by atoms with Crippen molar-refractivity contribution in [2.45, 2.75) is 12.3 Å². The summed E-state index contributed by atoms with van der Waals surface area (Å²) in [5.74, 6) is -1.54. The smallest absolute Gasteiger partial charge is 0.405 e. The van der Waals surface area contributed by atoms with Crippen LogP contribution in [0.1, 0.15) is 22.9 Å². The summed E-state index contributed by atoms with van der Waals surface area (Å²) < 4.78 is 41.3. The zero-order chi connectivity index (χ0) is 16.2. The number of nitriles is 2. The highest BCUT2D eigenvalue weighted by molar-refractivity contribution is 5.44. The zero-order valence-corrected chi connectivity index (χ0v) is 11.0. The molecule has 1 unspecified atom stereocenters. The summed E-state index contributed by atoms with van der Waals surface area (Å²) in [7, 11) is 0. The summed E-state index contributed by atoms with van der Waals surface area (Å²) in [6.45, 7) is 0. The molecule has 0 saturated heterocycles.